The number of carbonyl (C=O) groups excluding carboxylic acids is 1. The Balaban J connectivity index is 1.41. The van der Waals surface area contributed by atoms with Crippen LogP contribution in [0.5, 0.6) is 0 Å². The van der Waals surface area contributed by atoms with Crippen LogP contribution in [0.1, 0.15) is 13.8 Å². The van der Waals surface area contributed by atoms with E-state index in [1.54, 1.807) is 31.0 Å². The number of anilines is 1. The van der Waals surface area contributed by atoms with E-state index in [4.69, 9.17) is 4.98 Å². The first-order valence-electron chi connectivity index (χ1n) is 11.4. The van der Waals surface area contributed by atoms with Gasteiger partial charge in [0.1, 0.15) is 5.69 Å². The normalized spacial score (nSPS) is 11.4. The monoisotopic (exact) mass is 475 g/mol. The predicted molar refractivity (Wildman–Crippen MR) is 137 cm³/mol. The van der Waals surface area contributed by atoms with Crippen molar-refractivity contribution in [1.82, 2.24) is 40.1 Å². The molecule has 6 heterocycles. The molecule has 6 aromatic rings. The summed E-state index contributed by atoms with van der Waals surface area (Å²) in [5, 5.41) is 11.1. The summed E-state index contributed by atoms with van der Waals surface area (Å²) in [5.74, 6) is 0.410. The molecular weight excluding hydrogens is 454 g/mol. The van der Waals surface area contributed by atoms with Gasteiger partial charge in [-0.1, -0.05) is 19.9 Å². The number of amides is 1. The van der Waals surface area contributed by atoms with Crippen molar-refractivity contribution in [3.05, 3.63) is 67.5 Å². The molecule has 10 heteroatoms. The number of nitrogens with zero attached hydrogens (tertiary/aromatic N) is 6. The van der Waals surface area contributed by atoms with Gasteiger partial charge in [-0.15, -0.1) is 0 Å². The van der Waals surface area contributed by atoms with Crippen LogP contribution in [0.15, 0.2) is 67.5 Å². The first-order valence-corrected chi connectivity index (χ1v) is 11.4. The smallest absolute Gasteiger partial charge is 0.226 e. The van der Waals surface area contributed by atoms with Crippen molar-refractivity contribution < 1.29 is 4.79 Å². The van der Waals surface area contributed by atoms with Gasteiger partial charge in [-0.05, 0) is 24.3 Å². The molecule has 0 aromatic carbocycles. The van der Waals surface area contributed by atoms with Crippen LogP contribution >= 0.6 is 0 Å². The maximum Gasteiger partial charge on any atom is 0.226 e. The molecule has 176 valence electrons. The van der Waals surface area contributed by atoms with Crippen molar-refractivity contribution in [2.24, 2.45) is 5.92 Å². The summed E-state index contributed by atoms with van der Waals surface area (Å²) < 4.78 is 0. The molecule has 6 rings (SSSR count). The fourth-order valence-corrected chi connectivity index (χ4v) is 3.98. The number of H-pyrrole nitrogens is 2. The van der Waals surface area contributed by atoms with Gasteiger partial charge in [-0.3, -0.25) is 19.9 Å². The van der Waals surface area contributed by atoms with Gasteiger partial charge in [0.2, 0.25) is 5.91 Å². The van der Waals surface area contributed by atoms with E-state index in [0.717, 1.165) is 33.2 Å². The van der Waals surface area contributed by atoms with Crippen molar-refractivity contribution in [1.29, 1.82) is 0 Å². The lowest BCUT2D eigenvalue weighted by molar-refractivity contribution is -0.118. The summed E-state index contributed by atoms with van der Waals surface area (Å²) in [4.78, 5) is 37.7. The lowest BCUT2D eigenvalue weighted by Gasteiger charge is -2.09. The van der Waals surface area contributed by atoms with Crippen molar-refractivity contribution in [3.63, 3.8) is 0 Å². The summed E-state index contributed by atoms with van der Waals surface area (Å²) in [6.07, 6.45) is 10.4. The zero-order chi connectivity index (χ0) is 24.6. The highest BCUT2D eigenvalue weighted by atomic mass is 16.1. The van der Waals surface area contributed by atoms with Crippen LogP contribution < -0.4 is 5.32 Å². The summed E-state index contributed by atoms with van der Waals surface area (Å²) in [7, 11) is 0. The molecule has 6 aromatic heterocycles. The molecule has 0 saturated heterocycles. The second-order valence-electron chi connectivity index (χ2n) is 8.68. The van der Waals surface area contributed by atoms with Crippen LogP contribution in [0.4, 0.5) is 5.69 Å². The maximum absolute atomic E-state index is 12.1. The number of hydrogen-bond donors (Lipinski definition) is 3. The summed E-state index contributed by atoms with van der Waals surface area (Å²) in [6.45, 7) is 3.69. The first-order chi connectivity index (χ1) is 17.6. The molecular formula is C26H21N9O. The topological polar surface area (TPSA) is 138 Å². The van der Waals surface area contributed by atoms with Crippen LogP contribution in [-0.2, 0) is 4.79 Å². The van der Waals surface area contributed by atoms with Gasteiger partial charge in [0.25, 0.3) is 0 Å². The van der Waals surface area contributed by atoms with Gasteiger partial charge in [0, 0.05) is 59.2 Å². The van der Waals surface area contributed by atoms with E-state index < -0.39 is 0 Å². The summed E-state index contributed by atoms with van der Waals surface area (Å²) in [6, 6.07) is 9.68. The van der Waals surface area contributed by atoms with Crippen LogP contribution in [0.25, 0.3) is 56.0 Å². The van der Waals surface area contributed by atoms with Gasteiger partial charge in [-0.25, -0.2) is 15.0 Å². The average Bonchev–Trinajstić information content (AvgIpc) is 3.53. The molecule has 36 heavy (non-hydrogen) atoms. The minimum atomic E-state index is -0.128. The van der Waals surface area contributed by atoms with Crippen molar-refractivity contribution in [2.45, 2.75) is 13.8 Å². The highest BCUT2D eigenvalue weighted by Crippen LogP contribution is 2.31. The van der Waals surface area contributed by atoms with Crippen LogP contribution in [0, 0.1) is 5.92 Å². The van der Waals surface area contributed by atoms with Crippen LogP contribution in [0.2, 0.25) is 0 Å². The van der Waals surface area contributed by atoms with Gasteiger partial charge >= 0.3 is 0 Å². The number of carbonyl (C=O) groups is 1. The van der Waals surface area contributed by atoms with Crippen LogP contribution in [0.3, 0.4) is 0 Å². The number of aromatic nitrogens is 8. The quantitative estimate of drug-likeness (QED) is 0.331. The van der Waals surface area contributed by atoms with E-state index in [2.05, 4.69) is 40.4 Å². The second-order valence-corrected chi connectivity index (χ2v) is 8.68. The predicted octanol–water partition coefficient (Wildman–Crippen LogP) is 4.61. The van der Waals surface area contributed by atoms with E-state index in [1.807, 2.05) is 50.4 Å². The number of imidazole rings is 1. The van der Waals surface area contributed by atoms with Crippen molar-refractivity contribution in [3.8, 4) is 33.8 Å². The SMILES string of the molecule is CC(C)C(=O)Nc1cncc(-c2cnc3n[nH]c(-c4nc5nccc(-c6cccnc6)c5[nH]4)c3c2)c1. The number of hydrogen-bond acceptors (Lipinski definition) is 7. The van der Waals surface area contributed by atoms with Gasteiger partial charge in [-0.2, -0.15) is 5.10 Å². The number of rotatable bonds is 5. The Labute approximate surface area is 205 Å². The Morgan fingerprint density at radius 2 is 1.78 bits per heavy atom. The summed E-state index contributed by atoms with van der Waals surface area (Å²) >= 11 is 0. The second kappa shape index (κ2) is 8.66. The number of nitrogens with one attached hydrogen (secondary N) is 3. The number of fused-ring (bicyclic) bond motifs is 2. The van der Waals surface area contributed by atoms with Gasteiger partial charge < -0.3 is 10.3 Å². The fraction of sp³-hybridized carbons (Fsp3) is 0.115. The van der Waals surface area contributed by atoms with E-state index in [0.29, 0.717) is 28.5 Å². The molecule has 0 fully saturated rings. The van der Waals surface area contributed by atoms with E-state index in [1.165, 1.54) is 0 Å². The summed E-state index contributed by atoms with van der Waals surface area (Å²) in [5.41, 5.74) is 6.88. The molecule has 0 spiro atoms. The fourth-order valence-electron chi connectivity index (χ4n) is 3.98. The minimum absolute atomic E-state index is 0.0659. The van der Waals surface area contributed by atoms with Gasteiger partial charge in [0.05, 0.1) is 22.8 Å². The average molecular weight is 476 g/mol. The highest BCUT2D eigenvalue weighted by molar-refractivity contribution is 5.96. The third-order valence-corrected chi connectivity index (χ3v) is 5.87. The van der Waals surface area contributed by atoms with Crippen LogP contribution in [-0.4, -0.2) is 46.0 Å². The largest absolute Gasteiger partial charge is 0.335 e. The Morgan fingerprint density at radius 3 is 2.61 bits per heavy atom. The molecule has 0 unspecified atom stereocenters. The Morgan fingerprint density at radius 1 is 0.917 bits per heavy atom. The molecule has 0 aliphatic carbocycles. The van der Waals surface area contributed by atoms with Crippen molar-refractivity contribution in [2.75, 3.05) is 5.32 Å². The molecule has 0 bridgehead atoms. The molecule has 10 nitrogen and oxygen atoms in total. The highest BCUT2D eigenvalue weighted by Gasteiger charge is 2.17. The molecule has 1 amide bonds. The first kappa shape index (κ1) is 21.5. The zero-order valence-electron chi connectivity index (χ0n) is 19.5. The molecule has 0 aliphatic rings. The zero-order valence-corrected chi connectivity index (χ0v) is 19.5. The van der Waals surface area contributed by atoms with E-state index in [9.17, 15) is 4.79 Å². The lowest BCUT2D eigenvalue weighted by Crippen LogP contribution is -2.17. The number of aromatic amines is 2. The Bertz CT molecular complexity index is 1720. The third-order valence-electron chi connectivity index (χ3n) is 5.87. The molecule has 0 atom stereocenters. The standard InChI is InChI=1S/C26H21N9O/c1-14(2)26(36)31-18-8-16(11-28-13-18)17-9-20-22(34-35-23(20)30-12-17)25-32-21-19(5-7-29-24(21)33-25)15-4-3-6-27-10-15/h3-14H,1-2H3,(H,31,36)(H,29,32,33)(H,30,34,35). The minimum Gasteiger partial charge on any atom is -0.335 e. The molecule has 3 N–H and O–H groups in total. The lowest BCUT2D eigenvalue weighted by atomic mass is 10.1. The molecule has 0 radical (unpaired) electrons. The molecule has 0 saturated carbocycles. The molecule has 0 aliphatic heterocycles. The maximum atomic E-state index is 12.1. The number of pyridine rings is 4. The third kappa shape index (κ3) is 3.84. The van der Waals surface area contributed by atoms with Gasteiger partial charge in [0.15, 0.2) is 17.1 Å². The Kier molecular flexibility index (Phi) is 5.18. The van der Waals surface area contributed by atoms with E-state index in [-0.39, 0.29) is 11.8 Å². The van der Waals surface area contributed by atoms with Crippen molar-refractivity contribution >= 4 is 33.8 Å². The van der Waals surface area contributed by atoms with E-state index >= 15 is 0 Å². The Hall–Kier alpha value is -4.99.